The number of hydrogen-bond acceptors (Lipinski definition) is 5. The van der Waals surface area contributed by atoms with Gasteiger partial charge in [-0.25, -0.2) is 0 Å². The molecule has 1 aliphatic rings. The van der Waals surface area contributed by atoms with Crippen molar-refractivity contribution >= 4 is 11.5 Å². The normalized spacial score (nSPS) is 22.4. The van der Waals surface area contributed by atoms with Gasteiger partial charge in [0.2, 0.25) is 0 Å². The number of ketones is 1. The third-order valence-electron chi connectivity index (χ3n) is 3.04. The Kier molecular flexibility index (Phi) is 3.29. The Morgan fingerprint density at radius 1 is 1.44 bits per heavy atom. The van der Waals surface area contributed by atoms with Gasteiger partial charge in [0, 0.05) is 19.6 Å². The lowest BCUT2D eigenvalue weighted by molar-refractivity contribution is -0.385. The third-order valence-corrected chi connectivity index (χ3v) is 3.04. The fourth-order valence-electron chi connectivity index (χ4n) is 1.95. The Morgan fingerprint density at radius 2 is 2.17 bits per heavy atom. The molecule has 1 aromatic carbocycles. The van der Waals surface area contributed by atoms with E-state index < -0.39 is 11.0 Å². The quantitative estimate of drug-likeness (QED) is 0.600. The zero-order valence-corrected chi connectivity index (χ0v) is 10.1. The van der Waals surface area contributed by atoms with Gasteiger partial charge in [0.25, 0.3) is 5.69 Å². The van der Waals surface area contributed by atoms with E-state index >= 15 is 0 Å². The summed E-state index contributed by atoms with van der Waals surface area (Å²) < 4.78 is 10.6. The molecule has 6 heteroatoms. The Hall–Kier alpha value is -1.95. The Balaban J connectivity index is 2.18. The SMILES string of the molecule is COC1C(=O)CC1Oc1cccc([N+](=O)[O-])c1C. The van der Waals surface area contributed by atoms with E-state index in [0.717, 1.165) is 0 Å². The van der Waals surface area contributed by atoms with Crippen LogP contribution in [0.3, 0.4) is 0 Å². The Bertz CT molecular complexity index is 499. The molecule has 1 aliphatic carbocycles. The largest absolute Gasteiger partial charge is 0.486 e. The van der Waals surface area contributed by atoms with Gasteiger partial charge in [0.05, 0.1) is 10.5 Å². The molecule has 0 amide bonds. The minimum atomic E-state index is -0.566. The van der Waals surface area contributed by atoms with Gasteiger partial charge in [-0.15, -0.1) is 0 Å². The maximum atomic E-state index is 11.2. The maximum Gasteiger partial charge on any atom is 0.276 e. The number of methoxy groups -OCH3 is 1. The summed E-state index contributed by atoms with van der Waals surface area (Å²) in [5.74, 6) is 0.411. The molecule has 0 aliphatic heterocycles. The summed E-state index contributed by atoms with van der Waals surface area (Å²) in [5.41, 5.74) is 0.462. The molecular formula is C12H13NO5. The van der Waals surface area contributed by atoms with Crippen molar-refractivity contribution in [2.45, 2.75) is 25.6 Å². The van der Waals surface area contributed by atoms with E-state index in [1.165, 1.54) is 13.2 Å². The number of Topliss-reactive ketones (excluding diaryl/α,β-unsaturated/α-hetero) is 1. The van der Waals surface area contributed by atoms with Crippen LogP contribution in [0.2, 0.25) is 0 Å². The first-order chi connectivity index (χ1) is 8.54. The van der Waals surface area contributed by atoms with Crippen molar-refractivity contribution in [3.63, 3.8) is 0 Å². The molecule has 2 atom stereocenters. The highest BCUT2D eigenvalue weighted by molar-refractivity contribution is 5.90. The van der Waals surface area contributed by atoms with Gasteiger partial charge in [0.15, 0.2) is 11.9 Å². The van der Waals surface area contributed by atoms with Gasteiger partial charge in [0.1, 0.15) is 11.9 Å². The predicted octanol–water partition coefficient (Wildman–Crippen LogP) is 1.64. The number of nitro benzene ring substituents is 1. The molecule has 0 radical (unpaired) electrons. The minimum absolute atomic E-state index is 0.00659. The third kappa shape index (κ3) is 2.06. The van der Waals surface area contributed by atoms with Crippen LogP contribution in [-0.4, -0.2) is 30.0 Å². The maximum absolute atomic E-state index is 11.2. The molecule has 2 rings (SSSR count). The van der Waals surface area contributed by atoms with Crippen LogP contribution in [0, 0.1) is 17.0 Å². The number of rotatable bonds is 4. The summed E-state index contributed by atoms with van der Waals surface area (Å²) in [4.78, 5) is 21.5. The first-order valence-corrected chi connectivity index (χ1v) is 5.50. The summed E-state index contributed by atoms with van der Waals surface area (Å²) >= 11 is 0. The number of ether oxygens (including phenoxy) is 2. The molecule has 2 unspecified atom stereocenters. The van der Waals surface area contributed by atoms with Gasteiger partial charge >= 0.3 is 0 Å². The fourth-order valence-corrected chi connectivity index (χ4v) is 1.95. The molecule has 18 heavy (non-hydrogen) atoms. The predicted molar refractivity (Wildman–Crippen MR) is 62.7 cm³/mol. The number of hydrogen-bond donors (Lipinski definition) is 0. The van der Waals surface area contributed by atoms with Crippen LogP contribution in [0.1, 0.15) is 12.0 Å². The summed E-state index contributed by atoms with van der Waals surface area (Å²) in [7, 11) is 1.44. The van der Waals surface area contributed by atoms with E-state index in [4.69, 9.17) is 9.47 Å². The van der Waals surface area contributed by atoms with E-state index in [-0.39, 0.29) is 24.0 Å². The van der Waals surface area contributed by atoms with Gasteiger partial charge in [-0.2, -0.15) is 0 Å². The molecule has 0 heterocycles. The minimum Gasteiger partial charge on any atom is -0.486 e. The topological polar surface area (TPSA) is 78.7 Å². The van der Waals surface area contributed by atoms with Crippen LogP contribution in [0.4, 0.5) is 5.69 Å². The van der Waals surface area contributed by atoms with Gasteiger partial charge in [-0.3, -0.25) is 14.9 Å². The van der Waals surface area contributed by atoms with Crippen LogP contribution >= 0.6 is 0 Å². The van der Waals surface area contributed by atoms with Crippen LogP contribution in [0.15, 0.2) is 18.2 Å². The van der Waals surface area contributed by atoms with Crippen molar-refractivity contribution < 1.29 is 19.2 Å². The summed E-state index contributed by atoms with van der Waals surface area (Å²) in [6.07, 6.45) is -0.646. The van der Waals surface area contributed by atoms with Crippen molar-refractivity contribution in [2.24, 2.45) is 0 Å². The van der Waals surface area contributed by atoms with Crippen molar-refractivity contribution in [3.05, 3.63) is 33.9 Å². The molecule has 6 nitrogen and oxygen atoms in total. The fraction of sp³-hybridized carbons (Fsp3) is 0.417. The average molecular weight is 251 g/mol. The Labute approximate surface area is 104 Å². The molecule has 0 saturated heterocycles. The zero-order valence-electron chi connectivity index (χ0n) is 10.1. The lowest BCUT2D eigenvalue weighted by atomic mass is 9.90. The molecule has 0 N–H and O–H groups in total. The van der Waals surface area contributed by atoms with Crippen molar-refractivity contribution in [3.8, 4) is 5.75 Å². The van der Waals surface area contributed by atoms with Gasteiger partial charge < -0.3 is 9.47 Å². The number of carbonyl (C=O) groups is 1. The molecule has 1 fully saturated rings. The highest BCUT2D eigenvalue weighted by atomic mass is 16.6. The van der Waals surface area contributed by atoms with Crippen molar-refractivity contribution in [2.75, 3.05) is 7.11 Å². The van der Waals surface area contributed by atoms with Gasteiger partial charge in [-0.1, -0.05) is 6.07 Å². The van der Waals surface area contributed by atoms with Crippen LogP contribution < -0.4 is 4.74 Å². The molecule has 0 spiro atoms. The van der Waals surface area contributed by atoms with E-state index in [1.54, 1.807) is 19.1 Å². The van der Waals surface area contributed by atoms with E-state index in [9.17, 15) is 14.9 Å². The van der Waals surface area contributed by atoms with Crippen LogP contribution in [0.5, 0.6) is 5.75 Å². The van der Waals surface area contributed by atoms with E-state index in [1.807, 2.05) is 0 Å². The second-order valence-electron chi connectivity index (χ2n) is 4.14. The first kappa shape index (κ1) is 12.5. The molecular weight excluding hydrogens is 238 g/mol. The first-order valence-electron chi connectivity index (χ1n) is 5.50. The van der Waals surface area contributed by atoms with E-state index in [2.05, 4.69) is 0 Å². The average Bonchev–Trinajstić information content (AvgIpc) is 2.30. The monoisotopic (exact) mass is 251 g/mol. The van der Waals surface area contributed by atoms with E-state index in [0.29, 0.717) is 11.3 Å². The highest BCUT2D eigenvalue weighted by Gasteiger charge is 2.42. The highest BCUT2D eigenvalue weighted by Crippen LogP contribution is 2.31. The number of nitrogens with zero attached hydrogens (tertiary/aromatic N) is 1. The smallest absolute Gasteiger partial charge is 0.276 e. The van der Waals surface area contributed by atoms with Crippen LogP contribution in [0.25, 0.3) is 0 Å². The molecule has 1 saturated carbocycles. The molecule has 0 aromatic heterocycles. The summed E-state index contributed by atoms with van der Waals surface area (Å²) in [6.45, 7) is 1.62. The molecule has 96 valence electrons. The lowest BCUT2D eigenvalue weighted by Gasteiger charge is -2.33. The second-order valence-corrected chi connectivity index (χ2v) is 4.14. The van der Waals surface area contributed by atoms with Gasteiger partial charge in [-0.05, 0) is 13.0 Å². The lowest BCUT2D eigenvalue weighted by Crippen LogP contribution is -2.51. The molecule has 1 aromatic rings. The Morgan fingerprint density at radius 3 is 2.72 bits per heavy atom. The standard InChI is InChI=1S/C12H13NO5/c1-7-8(13(15)16)4-3-5-10(7)18-11-6-9(14)12(11)17-2/h3-5,11-12H,6H2,1-2H3. The number of nitro groups is 1. The molecule has 0 bridgehead atoms. The van der Waals surface area contributed by atoms with Crippen molar-refractivity contribution in [1.82, 2.24) is 0 Å². The second kappa shape index (κ2) is 4.73. The summed E-state index contributed by atoms with van der Waals surface area (Å²) in [6, 6.07) is 4.63. The van der Waals surface area contributed by atoms with Crippen LogP contribution in [-0.2, 0) is 9.53 Å². The number of carbonyl (C=O) groups excluding carboxylic acids is 1. The summed E-state index contributed by atoms with van der Waals surface area (Å²) in [5, 5.41) is 10.8. The zero-order chi connectivity index (χ0) is 13.3. The number of benzene rings is 1. The van der Waals surface area contributed by atoms with Crippen molar-refractivity contribution in [1.29, 1.82) is 0 Å².